The lowest BCUT2D eigenvalue weighted by Crippen LogP contribution is -2.48. The monoisotopic (exact) mass is 436 g/mol. The topological polar surface area (TPSA) is 58.6 Å². The fourth-order valence-electron chi connectivity index (χ4n) is 2.83. The normalized spacial score (nSPS) is 11.6. The van der Waals surface area contributed by atoms with Crippen molar-refractivity contribution in [3.8, 4) is 5.75 Å². The summed E-state index contributed by atoms with van der Waals surface area (Å²) < 4.78 is 5.16. The van der Waals surface area contributed by atoms with Gasteiger partial charge in [-0.05, 0) is 48.7 Å². The minimum absolute atomic E-state index is 0.166. The van der Waals surface area contributed by atoms with Crippen LogP contribution in [-0.2, 0) is 22.6 Å². The molecule has 0 fully saturated rings. The SMILES string of the molecule is CCCNC(=O)C(C)N(Cc1ccc(Cl)cc1Cl)C(=O)Cc1ccc(OC)cc1. The first-order valence-corrected chi connectivity index (χ1v) is 10.2. The molecule has 5 nitrogen and oxygen atoms in total. The maximum absolute atomic E-state index is 13.1. The van der Waals surface area contributed by atoms with Crippen LogP contribution in [0.25, 0.3) is 0 Å². The second kappa shape index (κ2) is 11.1. The minimum atomic E-state index is -0.640. The highest BCUT2D eigenvalue weighted by atomic mass is 35.5. The van der Waals surface area contributed by atoms with Crippen molar-refractivity contribution in [3.63, 3.8) is 0 Å². The highest BCUT2D eigenvalue weighted by Gasteiger charge is 2.26. The molecule has 0 radical (unpaired) electrons. The Bertz CT molecular complexity index is 840. The predicted octanol–water partition coefficient (Wildman–Crippen LogP) is 4.49. The van der Waals surface area contributed by atoms with Gasteiger partial charge in [0.15, 0.2) is 0 Å². The van der Waals surface area contributed by atoms with Crippen LogP contribution in [0.4, 0.5) is 0 Å². The zero-order valence-electron chi connectivity index (χ0n) is 16.9. The van der Waals surface area contributed by atoms with E-state index in [0.717, 1.165) is 23.3 Å². The Hall–Kier alpha value is -2.24. The molecule has 0 bridgehead atoms. The van der Waals surface area contributed by atoms with Crippen molar-refractivity contribution in [2.75, 3.05) is 13.7 Å². The van der Waals surface area contributed by atoms with E-state index in [1.807, 2.05) is 19.1 Å². The highest BCUT2D eigenvalue weighted by molar-refractivity contribution is 6.35. The van der Waals surface area contributed by atoms with E-state index in [-0.39, 0.29) is 24.8 Å². The van der Waals surface area contributed by atoms with Gasteiger partial charge in [0.2, 0.25) is 11.8 Å². The molecule has 0 saturated heterocycles. The van der Waals surface area contributed by atoms with Crippen molar-refractivity contribution < 1.29 is 14.3 Å². The molecule has 2 aromatic rings. The molecule has 0 aliphatic heterocycles. The third-order valence-electron chi connectivity index (χ3n) is 4.59. The van der Waals surface area contributed by atoms with Gasteiger partial charge in [-0.3, -0.25) is 9.59 Å². The summed E-state index contributed by atoms with van der Waals surface area (Å²) in [4.78, 5) is 27.2. The van der Waals surface area contributed by atoms with E-state index in [1.54, 1.807) is 49.3 Å². The largest absolute Gasteiger partial charge is 0.497 e. The molecule has 0 heterocycles. The van der Waals surface area contributed by atoms with E-state index in [0.29, 0.717) is 16.6 Å². The lowest BCUT2D eigenvalue weighted by molar-refractivity contribution is -0.140. The van der Waals surface area contributed by atoms with E-state index in [1.165, 1.54) is 0 Å². The van der Waals surface area contributed by atoms with Crippen LogP contribution in [0.15, 0.2) is 42.5 Å². The summed E-state index contributed by atoms with van der Waals surface area (Å²) >= 11 is 12.3. The number of ether oxygens (including phenoxy) is 1. The zero-order chi connectivity index (χ0) is 21.4. The average Bonchev–Trinajstić information content (AvgIpc) is 2.71. The maximum Gasteiger partial charge on any atom is 0.242 e. The Morgan fingerprint density at radius 2 is 1.83 bits per heavy atom. The van der Waals surface area contributed by atoms with Crippen LogP contribution in [0.5, 0.6) is 5.75 Å². The smallest absolute Gasteiger partial charge is 0.242 e. The van der Waals surface area contributed by atoms with Crippen molar-refractivity contribution in [1.29, 1.82) is 0 Å². The lowest BCUT2D eigenvalue weighted by Gasteiger charge is -2.29. The number of rotatable bonds is 9. The number of halogens is 2. The standard InChI is InChI=1S/C22H26Cl2N2O3/c1-4-11-25-22(28)15(2)26(14-17-7-8-18(23)13-20(17)24)21(27)12-16-5-9-19(29-3)10-6-16/h5-10,13,15H,4,11-12,14H2,1-3H3,(H,25,28). The number of benzene rings is 2. The molecule has 0 aliphatic rings. The van der Waals surface area contributed by atoms with E-state index < -0.39 is 6.04 Å². The van der Waals surface area contributed by atoms with Crippen molar-refractivity contribution in [2.24, 2.45) is 0 Å². The number of nitrogens with one attached hydrogen (secondary N) is 1. The number of hydrogen-bond donors (Lipinski definition) is 1. The molecule has 1 unspecified atom stereocenters. The molecule has 2 amide bonds. The second-order valence-corrected chi connectivity index (χ2v) is 7.59. The Labute approximate surface area is 181 Å². The quantitative estimate of drug-likeness (QED) is 0.629. The average molecular weight is 437 g/mol. The Kier molecular flexibility index (Phi) is 8.80. The summed E-state index contributed by atoms with van der Waals surface area (Å²) in [5.74, 6) is 0.360. The number of nitrogens with zero attached hydrogens (tertiary/aromatic N) is 1. The van der Waals surface area contributed by atoms with Crippen molar-refractivity contribution in [1.82, 2.24) is 10.2 Å². The van der Waals surface area contributed by atoms with E-state index >= 15 is 0 Å². The van der Waals surface area contributed by atoms with Crippen molar-refractivity contribution in [3.05, 3.63) is 63.6 Å². The van der Waals surface area contributed by atoms with Gasteiger partial charge in [0.1, 0.15) is 11.8 Å². The first kappa shape index (κ1) is 23.0. The summed E-state index contributed by atoms with van der Waals surface area (Å²) in [6, 6.07) is 11.8. The lowest BCUT2D eigenvalue weighted by atomic mass is 10.1. The molecule has 1 N–H and O–H groups in total. The van der Waals surface area contributed by atoms with Gasteiger partial charge in [-0.15, -0.1) is 0 Å². The van der Waals surface area contributed by atoms with E-state index in [2.05, 4.69) is 5.32 Å². The van der Waals surface area contributed by atoms with E-state index in [9.17, 15) is 9.59 Å². The van der Waals surface area contributed by atoms with Gasteiger partial charge >= 0.3 is 0 Å². The van der Waals surface area contributed by atoms with Crippen molar-refractivity contribution >= 4 is 35.0 Å². The molecular formula is C22H26Cl2N2O3. The van der Waals surface area contributed by atoms with Gasteiger partial charge in [-0.2, -0.15) is 0 Å². The molecule has 0 aliphatic carbocycles. The van der Waals surface area contributed by atoms with Gasteiger partial charge in [0, 0.05) is 23.1 Å². The molecule has 0 saturated carbocycles. The fourth-order valence-corrected chi connectivity index (χ4v) is 3.30. The third kappa shape index (κ3) is 6.65. The van der Waals surface area contributed by atoms with Gasteiger partial charge in [0.25, 0.3) is 0 Å². The summed E-state index contributed by atoms with van der Waals surface area (Å²) in [6.45, 7) is 4.48. The van der Waals surface area contributed by atoms with Crippen LogP contribution in [-0.4, -0.2) is 36.4 Å². The molecule has 1 atom stereocenters. The summed E-state index contributed by atoms with van der Waals surface area (Å²) in [6.07, 6.45) is 0.988. The number of carbonyl (C=O) groups excluding carboxylic acids is 2. The number of amides is 2. The van der Waals surface area contributed by atoms with Crippen LogP contribution >= 0.6 is 23.2 Å². The zero-order valence-corrected chi connectivity index (χ0v) is 18.4. The summed E-state index contributed by atoms with van der Waals surface area (Å²) in [5.41, 5.74) is 1.57. The van der Waals surface area contributed by atoms with Crippen LogP contribution in [0.3, 0.4) is 0 Å². The number of methoxy groups -OCH3 is 1. The van der Waals surface area contributed by atoms with Gasteiger partial charge in [-0.1, -0.05) is 48.3 Å². The molecule has 0 spiro atoms. The second-order valence-electron chi connectivity index (χ2n) is 6.75. The first-order chi connectivity index (χ1) is 13.8. The minimum Gasteiger partial charge on any atom is -0.497 e. The molecule has 156 valence electrons. The van der Waals surface area contributed by atoms with E-state index in [4.69, 9.17) is 27.9 Å². The summed E-state index contributed by atoms with van der Waals surface area (Å²) in [5, 5.41) is 3.83. The molecule has 2 rings (SSSR count). The summed E-state index contributed by atoms with van der Waals surface area (Å²) in [7, 11) is 1.59. The molecular weight excluding hydrogens is 411 g/mol. The van der Waals surface area contributed by atoms with Crippen LogP contribution in [0, 0.1) is 0 Å². The Morgan fingerprint density at radius 3 is 2.41 bits per heavy atom. The van der Waals surface area contributed by atoms with Gasteiger partial charge < -0.3 is 15.0 Å². The molecule has 7 heteroatoms. The number of carbonyl (C=O) groups is 2. The fraction of sp³-hybridized carbons (Fsp3) is 0.364. The van der Waals surface area contributed by atoms with Crippen LogP contribution in [0.2, 0.25) is 10.0 Å². The van der Waals surface area contributed by atoms with Crippen LogP contribution < -0.4 is 10.1 Å². The number of hydrogen-bond acceptors (Lipinski definition) is 3. The highest BCUT2D eigenvalue weighted by Crippen LogP contribution is 2.24. The predicted molar refractivity (Wildman–Crippen MR) is 116 cm³/mol. The molecule has 2 aromatic carbocycles. The van der Waals surface area contributed by atoms with Crippen molar-refractivity contribution in [2.45, 2.75) is 39.3 Å². The molecule has 0 aromatic heterocycles. The Morgan fingerprint density at radius 1 is 1.14 bits per heavy atom. The van der Waals surface area contributed by atoms with Crippen LogP contribution in [0.1, 0.15) is 31.4 Å². The third-order valence-corrected chi connectivity index (χ3v) is 5.17. The maximum atomic E-state index is 13.1. The Balaban J connectivity index is 2.23. The first-order valence-electron chi connectivity index (χ1n) is 9.49. The van der Waals surface area contributed by atoms with Gasteiger partial charge in [-0.25, -0.2) is 0 Å². The molecule has 29 heavy (non-hydrogen) atoms. The van der Waals surface area contributed by atoms with Gasteiger partial charge in [0.05, 0.1) is 13.5 Å².